The lowest BCUT2D eigenvalue weighted by Crippen LogP contribution is -2.57. The van der Waals surface area contributed by atoms with Gasteiger partial charge in [0.25, 0.3) is 0 Å². The van der Waals surface area contributed by atoms with Crippen LogP contribution in [0.3, 0.4) is 0 Å². The molecular weight excluding hydrogens is 200 g/mol. The zero-order valence-electron chi connectivity index (χ0n) is 10.3. The fourth-order valence-electron chi connectivity index (χ4n) is 3.36. The van der Waals surface area contributed by atoms with Crippen molar-refractivity contribution in [3.63, 3.8) is 0 Å². The second-order valence-electron chi connectivity index (χ2n) is 5.77. The molecule has 0 saturated heterocycles. The van der Waals surface area contributed by atoms with Gasteiger partial charge < -0.3 is 11.1 Å². The van der Waals surface area contributed by atoms with Gasteiger partial charge in [-0.25, -0.2) is 0 Å². The number of carbonyl (C=O) groups is 1. The van der Waals surface area contributed by atoms with E-state index in [-0.39, 0.29) is 11.4 Å². The van der Waals surface area contributed by atoms with Crippen molar-refractivity contribution in [2.75, 3.05) is 0 Å². The zero-order chi connectivity index (χ0) is 11.6. The normalized spacial score (nSPS) is 36.4. The molecule has 0 heterocycles. The summed E-state index contributed by atoms with van der Waals surface area (Å²) in [6, 6.07) is 0.520. The van der Waals surface area contributed by atoms with Crippen molar-refractivity contribution >= 4 is 5.91 Å². The maximum absolute atomic E-state index is 11.7. The Kier molecular flexibility index (Phi) is 3.53. The first-order valence-corrected chi connectivity index (χ1v) is 6.70. The van der Waals surface area contributed by atoms with Crippen LogP contribution in [0.1, 0.15) is 58.3 Å². The van der Waals surface area contributed by atoms with Crippen LogP contribution in [0.15, 0.2) is 0 Å². The predicted octanol–water partition coefficient (Wildman–Crippen LogP) is 1.95. The lowest BCUT2D eigenvalue weighted by Gasteiger charge is -2.34. The van der Waals surface area contributed by atoms with E-state index in [1.54, 1.807) is 0 Å². The molecule has 0 bridgehead atoms. The molecule has 2 aliphatic rings. The van der Waals surface area contributed by atoms with Gasteiger partial charge in [0.2, 0.25) is 5.91 Å². The largest absolute Gasteiger partial charge is 0.368 e. The van der Waals surface area contributed by atoms with Crippen LogP contribution in [0, 0.1) is 5.92 Å². The molecule has 0 aromatic rings. The molecule has 2 saturated carbocycles. The topological polar surface area (TPSA) is 55.1 Å². The number of carbonyl (C=O) groups excluding carboxylic acids is 1. The molecule has 3 nitrogen and oxygen atoms in total. The van der Waals surface area contributed by atoms with Crippen molar-refractivity contribution in [1.29, 1.82) is 0 Å². The molecule has 3 N–H and O–H groups in total. The molecule has 0 aliphatic heterocycles. The molecule has 16 heavy (non-hydrogen) atoms. The van der Waals surface area contributed by atoms with Gasteiger partial charge >= 0.3 is 0 Å². The highest BCUT2D eigenvalue weighted by Crippen LogP contribution is 2.35. The van der Waals surface area contributed by atoms with Gasteiger partial charge in [-0.1, -0.05) is 26.2 Å². The van der Waals surface area contributed by atoms with Crippen LogP contribution in [0.2, 0.25) is 0 Å². The van der Waals surface area contributed by atoms with E-state index in [4.69, 9.17) is 5.73 Å². The van der Waals surface area contributed by atoms with Crippen LogP contribution in [-0.2, 0) is 4.79 Å². The zero-order valence-corrected chi connectivity index (χ0v) is 10.3. The third-order valence-corrected chi connectivity index (χ3v) is 4.32. The molecule has 2 atom stereocenters. The number of primary amides is 1. The van der Waals surface area contributed by atoms with E-state index in [0.717, 1.165) is 19.3 Å². The van der Waals surface area contributed by atoms with Crippen molar-refractivity contribution in [3.05, 3.63) is 0 Å². The summed E-state index contributed by atoms with van der Waals surface area (Å²) in [7, 11) is 0. The third-order valence-electron chi connectivity index (χ3n) is 4.32. The first kappa shape index (κ1) is 11.9. The highest BCUT2D eigenvalue weighted by molar-refractivity contribution is 5.85. The van der Waals surface area contributed by atoms with Gasteiger partial charge in [0.05, 0.1) is 5.54 Å². The van der Waals surface area contributed by atoms with Crippen molar-refractivity contribution < 1.29 is 4.79 Å². The number of nitrogens with one attached hydrogen (secondary N) is 1. The average Bonchev–Trinajstić information content (AvgIpc) is 2.63. The Morgan fingerprint density at radius 2 is 1.94 bits per heavy atom. The number of amides is 1. The monoisotopic (exact) mass is 224 g/mol. The summed E-state index contributed by atoms with van der Waals surface area (Å²) >= 11 is 0. The standard InChI is InChI=1S/C13H24N2O/c1-10-7-8-13(9-10,12(14)16)15-11-5-3-2-4-6-11/h10-11,15H,2-9H2,1H3,(H2,14,16). The second-order valence-corrected chi connectivity index (χ2v) is 5.77. The average molecular weight is 224 g/mol. The molecule has 92 valence electrons. The first-order valence-electron chi connectivity index (χ1n) is 6.70. The van der Waals surface area contributed by atoms with E-state index in [0.29, 0.717) is 12.0 Å². The Morgan fingerprint density at radius 1 is 1.25 bits per heavy atom. The molecule has 0 radical (unpaired) electrons. The molecule has 3 heteroatoms. The number of rotatable bonds is 3. The first-order chi connectivity index (χ1) is 7.62. The van der Waals surface area contributed by atoms with Crippen molar-refractivity contribution in [2.45, 2.75) is 69.9 Å². The fraction of sp³-hybridized carbons (Fsp3) is 0.923. The summed E-state index contributed by atoms with van der Waals surface area (Å²) < 4.78 is 0. The van der Waals surface area contributed by atoms with Crippen LogP contribution in [0.4, 0.5) is 0 Å². The lowest BCUT2D eigenvalue weighted by molar-refractivity contribution is -0.124. The molecule has 0 aromatic carbocycles. The molecule has 0 spiro atoms. The van der Waals surface area contributed by atoms with Crippen molar-refractivity contribution in [2.24, 2.45) is 11.7 Å². The number of nitrogens with two attached hydrogens (primary N) is 1. The summed E-state index contributed by atoms with van der Waals surface area (Å²) in [6.07, 6.45) is 9.34. The minimum absolute atomic E-state index is 0.137. The summed E-state index contributed by atoms with van der Waals surface area (Å²) in [5, 5.41) is 3.59. The minimum Gasteiger partial charge on any atom is -0.368 e. The Balaban J connectivity index is 1.99. The van der Waals surface area contributed by atoms with Crippen LogP contribution < -0.4 is 11.1 Å². The maximum atomic E-state index is 11.7. The third kappa shape index (κ3) is 2.40. The fourth-order valence-corrected chi connectivity index (χ4v) is 3.36. The number of hydrogen-bond acceptors (Lipinski definition) is 2. The minimum atomic E-state index is -0.387. The molecule has 2 rings (SSSR count). The summed E-state index contributed by atoms with van der Waals surface area (Å²) in [6.45, 7) is 2.22. The van der Waals surface area contributed by atoms with E-state index >= 15 is 0 Å². The smallest absolute Gasteiger partial charge is 0.237 e. The Morgan fingerprint density at radius 3 is 2.44 bits per heavy atom. The van der Waals surface area contributed by atoms with Crippen molar-refractivity contribution in [3.8, 4) is 0 Å². The van der Waals surface area contributed by atoms with E-state index in [1.165, 1.54) is 32.1 Å². The van der Waals surface area contributed by atoms with Gasteiger partial charge in [0.1, 0.15) is 0 Å². The molecule has 2 aliphatic carbocycles. The van der Waals surface area contributed by atoms with E-state index in [9.17, 15) is 4.79 Å². The second kappa shape index (κ2) is 4.74. The molecule has 2 fully saturated rings. The van der Waals surface area contributed by atoms with Gasteiger partial charge in [-0.15, -0.1) is 0 Å². The van der Waals surface area contributed by atoms with Gasteiger partial charge in [-0.05, 0) is 38.0 Å². The Hall–Kier alpha value is -0.570. The Bertz CT molecular complexity index is 261. The van der Waals surface area contributed by atoms with E-state index in [1.807, 2.05) is 0 Å². The van der Waals surface area contributed by atoms with Gasteiger partial charge in [-0.3, -0.25) is 4.79 Å². The van der Waals surface area contributed by atoms with Crippen LogP contribution in [0.5, 0.6) is 0 Å². The quantitative estimate of drug-likeness (QED) is 0.770. The highest BCUT2D eigenvalue weighted by Gasteiger charge is 2.43. The van der Waals surface area contributed by atoms with E-state index in [2.05, 4.69) is 12.2 Å². The van der Waals surface area contributed by atoms with Crippen molar-refractivity contribution in [1.82, 2.24) is 5.32 Å². The van der Waals surface area contributed by atoms with Crippen LogP contribution in [-0.4, -0.2) is 17.5 Å². The maximum Gasteiger partial charge on any atom is 0.237 e. The van der Waals surface area contributed by atoms with Gasteiger partial charge in [0.15, 0.2) is 0 Å². The summed E-state index contributed by atoms with van der Waals surface area (Å²) in [5.74, 6) is 0.492. The van der Waals surface area contributed by atoms with Gasteiger partial charge in [-0.2, -0.15) is 0 Å². The summed E-state index contributed by atoms with van der Waals surface area (Å²) in [5.41, 5.74) is 5.22. The lowest BCUT2D eigenvalue weighted by atomic mass is 9.89. The van der Waals surface area contributed by atoms with Gasteiger partial charge in [0, 0.05) is 6.04 Å². The summed E-state index contributed by atoms with van der Waals surface area (Å²) in [4.78, 5) is 11.7. The van der Waals surface area contributed by atoms with E-state index < -0.39 is 0 Å². The predicted molar refractivity (Wildman–Crippen MR) is 64.9 cm³/mol. The Labute approximate surface area is 98.2 Å². The number of hydrogen-bond donors (Lipinski definition) is 2. The van der Waals surface area contributed by atoms with Crippen LogP contribution >= 0.6 is 0 Å². The SMILES string of the molecule is CC1CCC(NC2CCCCC2)(C(N)=O)C1. The molecular formula is C13H24N2O. The highest BCUT2D eigenvalue weighted by atomic mass is 16.1. The molecule has 1 amide bonds. The molecule has 2 unspecified atom stereocenters. The van der Waals surface area contributed by atoms with Crippen LogP contribution in [0.25, 0.3) is 0 Å². The molecule has 0 aromatic heterocycles.